The normalized spacial score (nSPS) is 11.8. The monoisotopic (exact) mass is 287 g/mol. The summed E-state index contributed by atoms with van der Waals surface area (Å²) in [7, 11) is 0. The van der Waals surface area contributed by atoms with E-state index < -0.39 is 18.7 Å². The van der Waals surface area contributed by atoms with Crippen LogP contribution >= 0.6 is 0 Å². The molecule has 0 saturated heterocycles. The van der Waals surface area contributed by atoms with E-state index in [4.69, 9.17) is 0 Å². The molecular formula is C12H12F3N3O2. The zero-order chi connectivity index (χ0) is 14.6. The van der Waals surface area contributed by atoms with Gasteiger partial charge in [-0.15, -0.1) is 0 Å². The summed E-state index contributed by atoms with van der Waals surface area (Å²) in [5.74, 6) is -0.618. The molecule has 0 aliphatic carbocycles. The van der Waals surface area contributed by atoms with Crippen molar-refractivity contribution in [2.24, 2.45) is 0 Å². The fraction of sp³-hybridized carbons (Fsp3) is 0.333. The number of aryl methyl sites for hydroxylation is 1. The Hall–Kier alpha value is -2.09. The van der Waals surface area contributed by atoms with Crippen LogP contribution in [0.2, 0.25) is 0 Å². The highest BCUT2D eigenvalue weighted by molar-refractivity contribution is 5.76. The number of benzene rings is 1. The van der Waals surface area contributed by atoms with Crippen LogP contribution in [0.15, 0.2) is 30.6 Å². The van der Waals surface area contributed by atoms with Crippen molar-refractivity contribution < 1.29 is 22.8 Å². The van der Waals surface area contributed by atoms with Gasteiger partial charge in [-0.1, -0.05) is 12.1 Å². The van der Waals surface area contributed by atoms with Crippen molar-refractivity contribution in [1.82, 2.24) is 15.0 Å². The third-order valence-electron chi connectivity index (χ3n) is 2.53. The molecule has 0 aliphatic heterocycles. The smallest absolute Gasteiger partial charge is 0.330 e. The molecular weight excluding hydrogens is 275 g/mol. The fourth-order valence-corrected chi connectivity index (χ4v) is 1.66. The molecule has 0 bridgehead atoms. The molecule has 1 N–H and O–H groups in total. The number of carbonyl (C=O) groups excluding carboxylic acids is 1. The number of alkyl halides is 3. The summed E-state index contributed by atoms with van der Waals surface area (Å²) >= 11 is 0. The minimum absolute atomic E-state index is 0.00177. The Labute approximate surface area is 112 Å². The second-order valence-corrected chi connectivity index (χ2v) is 4.11. The standard InChI is InChI=1S/C12H12F3N3O2/c13-12(14,15)7-20-17-11(19)5-6-18-8-16-9-3-1-2-4-10(9)18/h1-4,8H,5-7H2,(H,17,19). The summed E-state index contributed by atoms with van der Waals surface area (Å²) in [5.41, 5.74) is 3.41. The van der Waals surface area contributed by atoms with E-state index in [1.807, 2.05) is 24.3 Å². The number of halogens is 3. The van der Waals surface area contributed by atoms with Gasteiger partial charge in [0.1, 0.15) is 0 Å². The molecule has 0 atom stereocenters. The highest BCUT2D eigenvalue weighted by atomic mass is 19.4. The van der Waals surface area contributed by atoms with Crippen LogP contribution in [-0.4, -0.2) is 28.2 Å². The summed E-state index contributed by atoms with van der Waals surface area (Å²) in [4.78, 5) is 19.5. The Balaban J connectivity index is 1.82. The number of nitrogens with zero attached hydrogens (tertiary/aromatic N) is 2. The molecule has 2 aromatic rings. The number of amides is 1. The predicted octanol–water partition coefficient (Wildman–Crippen LogP) is 2.04. The molecule has 0 spiro atoms. The zero-order valence-corrected chi connectivity index (χ0v) is 10.4. The van der Waals surface area contributed by atoms with Gasteiger partial charge in [0.25, 0.3) is 0 Å². The molecule has 1 aromatic heterocycles. The molecule has 5 nitrogen and oxygen atoms in total. The lowest BCUT2D eigenvalue weighted by Gasteiger charge is -2.08. The molecule has 0 aliphatic rings. The van der Waals surface area contributed by atoms with E-state index in [-0.39, 0.29) is 6.42 Å². The van der Waals surface area contributed by atoms with Crippen LogP contribution < -0.4 is 5.48 Å². The number of fused-ring (bicyclic) bond motifs is 1. The van der Waals surface area contributed by atoms with Gasteiger partial charge < -0.3 is 4.57 Å². The van der Waals surface area contributed by atoms with E-state index in [0.29, 0.717) is 6.54 Å². The molecule has 1 amide bonds. The lowest BCUT2D eigenvalue weighted by atomic mass is 10.3. The number of rotatable bonds is 5. The minimum atomic E-state index is -4.46. The molecule has 2 rings (SSSR count). The van der Waals surface area contributed by atoms with Gasteiger partial charge >= 0.3 is 6.18 Å². The summed E-state index contributed by atoms with van der Waals surface area (Å²) < 4.78 is 37.2. The first-order chi connectivity index (χ1) is 9.46. The molecule has 0 fully saturated rings. The third-order valence-corrected chi connectivity index (χ3v) is 2.53. The Morgan fingerprint density at radius 2 is 2.10 bits per heavy atom. The molecule has 0 saturated carbocycles. The first-order valence-corrected chi connectivity index (χ1v) is 5.83. The van der Waals surface area contributed by atoms with Crippen LogP contribution in [0.25, 0.3) is 11.0 Å². The van der Waals surface area contributed by atoms with Gasteiger partial charge in [0.2, 0.25) is 5.91 Å². The average Bonchev–Trinajstić information content (AvgIpc) is 2.78. The maximum atomic E-state index is 11.8. The first-order valence-electron chi connectivity index (χ1n) is 5.83. The van der Waals surface area contributed by atoms with E-state index in [1.54, 1.807) is 16.4 Å². The van der Waals surface area contributed by atoms with Crippen molar-refractivity contribution in [3.63, 3.8) is 0 Å². The summed E-state index contributed by atoms with van der Waals surface area (Å²) in [6.45, 7) is -1.20. The molecule has 8 heteroatoms. The molecule has 20 heavy (non-hydrogen) atoms. The van der Waals surface area contributed by atoms with E-state index in [9.17, 15) is 18.0 Å². The van der Waals surface area contributed by atoms with Gasteiger partial charge in [0, 0.05) is 13.0 Å². The lowest BCUT2D eigenvalue weighted by molar-refractivity contribution is -0.191. The third kappa shape index (κ3) is 3.95. The van der Waals surface area contributed by atoms with Gasteiger partial charge in [-0.05, 0) is 12.1 Å². The van der Waals surface area contributed by atoms with Gasteiger partial charge in [-0.2, -0.15) is 13.2 Å². The first kappa shape index (κ1) is 14.3. The van der Waals surface area contributed by atoms with Crippen LogP contribution in [0.1, 0.15) is 6.42 Å². The van der Waals surface area contributed by atoms with Crippen molar-refractivity contribution in [1.29, 1.82) is 0 Å². The quantitative estimate of drug-likeness (QED) is 0.856. The number of imidazole rings is 1. The van der Waals surface area contributed by atoms with Gasteiger partial charge in [-0.25, -0.2) is 10.5 Å². The van der Waals surface area contributed by atoms with E-state index in [0.717, 1.165) is 11.0 Å². The Kier molecular flexibility index (Phi) is 4.23. The molecule has 0 unspecified atom stereocenters. The van der Waals surface area contributed by atoms with Crippen LogP contribution in [0.4, 0.5) is 13.2 Å². The van der Waals surface area contributed by atoms with E-state index in [1.165, 1.54) is 0 Å². The number of carbonyl (C=O) groups is 1. The number of hydroxylamine groups is 1. The number of para-hydroxylation sites is 2. The van der Waals surface area contributed by atoms with Crippen LogP contribution in [0, 0.1) is 0 Å². The van der Waals surface area contributed by atoms with Crippen molar-refractivity contribution in [2.75, 3.05) is 6.61 Å². The van der Waals surface area contributed by atoms with E-state index >= 15 is 0 Å². The topological polar surface area (TPSA) is 56.2 Å². The van der Waals surface area contributed by atoms with Crippen LogP contribution in [0.3, 0.4) is 0 Å². The maximum absolute atomic E-state index is 11.8. The largest absolute Gasteiger partial charge is 0.414 e. The summed E-state index contributed by atoms with van der Waals surface area (Å²) in [6.07, 6.45) is -2.89. The van der Waals surface area contributed by atoms with E-state index in [2.05, 4.69) is 9.82 Å². The number of nitrogens with one attached hydrogen (secondary N) is 1. The highest BCUT2D eigenvalue weighted by Crippen LogP contribution is 2.14. The lowest BCUT2D eigenvalue weighted by Crippen LogP contribution is -2.30. The molecule has 108 valence electrons. The second-order valence-electron chi connectivity index (χ2n) is 4.11. The average molecular weight is 287 g/mol. The summed E-state index contributed by atoms with van der Waals surface area (Å²) in [6, 6.07) is 7.36. The van der Waals surface area contributed by atoms with Gasteiger partial charge in [0.05, 0.1) is 17.4 Å². The zero-order valence-electron chi connectivity index (χ0n) is 10.4. The highest BCUT2D eigenvalue weighted by Gasteiger charge is 2.28. The predicted molar refractivity (Wildman–Crippen MR) is 64.5 cm³/mol. The minimum Gasteiger partial charge on any atom is -0.330 e. The van der Waals surface area contributed by atoms with Gasteiger partial charge in [0.15, 0.2) is 6.61 Å². The molecule has 1 heterocycles. The fourth-order valence-electron chi connectivity index (χ4n) is 1.66. The molecule has 1 aromatic carbocycles. The van der Waals surface area contributed by atoms with Crippen molar-refractivity contribution >= 4 is 16.9 Å². The Morgan fingerprint density at radius 1 is 1.35 bits per heavy atom. The Morgan fingerprint density at radius 3 is 2.85 bits per heavy atom. The number of hydrogen-bond acceptors (Lipinski definition) is 3. The Bertz CT molecular complexity index is 595. The van der Waals surface area contributed by atoms with Crippen molar-refractivity contribution in [3.8, 4) is 0 Å². The summed E-state index contributed by atoms with van der Waals surface area (Å²) in [5, 5.41) is 0. The van der Waals surface area contributed by atoms with Gasteiger partial charge in [-0.3, -0.25) is 9.63 Å². The van der Waals surface area contributed by atoms with Crippen molar-refractivity contribution in [3.05, 3.63) is 30.6 Å². The van der Waals surface area contributed by atoms with Crippen LogP contribution in [-0.2, 0) is 16.2 Å². The second kappa shape index (κ2) is 5.91. The molecule has 0 radical (unpaired) electrons. The maximum Gasteiger partial charge on any atom is 0.414 e. The van der Waals surface area contributed by atoms with Crippen molar-refractivity contribution in [2.45, 2.75) is 19.1 Å². The number of hydrogen-bond donors (Lipinski definition) is 1. The SMILES string of the molecule is O=C(CCn1cnc2ccccc21)NOCC(F)(F)F. The number of aromatic nitrogens is 2. The van der Waals surface area contributed by atoms with Crippen LogP contribution in [0.5, 0.6) is 0 Å².